The summed E-state index contributed by atoms with van der Waals surface area (Å²) in [6.45, 7) is 0. The zero-order chi connectivity index (χ0) is 38.7. The van der Waals surface area contributed by atoms with Crippen molar-refractivity contribution in [2.24, 2.45) is 0 Å². The van der Waals surface area contributed by atoms with Gasteiger partial charge in [0.15, 0.2) is 16.1 Å². The third-order valence-electron chi connectivity index (χ3n) is 10.2. The molecule has 0 unspecified atom stereocenters. The van der Waals surface area contributed by atoms with Crippen LogP contribution in [0.1, 0.15) is 4.11 Å². The Kier molecular flexibility index (Phi) is 8.73. The molecule has 0 heterocycles. The number of benzene rings is 8. The summed E-state index contributed by atoms with van der Waals surface area (Å²) < 4.78 is 30.9. The van der Waals surface area contributed by atoms with Gasteiger partial charge in [-0.1, -0.05) is 224 Å². The molecule has 0 aromatic heterocycles. The molecule has 0 radical (unpaired) electrons. The Labute approximate surface area is 318 Å². The van der Waals surface area contributed by atoms with Crippen molar-refractivity contribution in [3.05, 3.63) is 224 Å². The van der Waals surface area contributed by atoms with Gasteiger partial charge in [0.2, 0.25) is 0 Å². The Balaban J connectivity index is 1.63. The van der Waals surface area contributed by atoms with Gasteiger partial charge >= 0.3 is 7.12 Å². The van der Waals surface area contributed by atoms with Gasteiger partial charge in [-0.2, -0.15) is 0 Å². The molecule has 0 atom stereocenters. The Morgan fingerprint density at radius 3 is 0.981 bits per heavy atom. The molecule has 0 saturated heterocycles. The molecule has 0 fully saturated rings. The van der Waals surface area contributed by atoms with Gasteiger partial charge in [0, 0.05) is 0 Å². The molecule has 2 nitrogen and oxygen atoms in total. The van der Waals surface area contributed by atoms with Crippen molar-refractivity contribution in [3.63, 3.8) is 0 Å². The van der Waals surface area contributed by atoms with Crippen molar-refractivity contribution < 1.29 is 14.2 Å². The molecule has 8 aromatic rings. The first-order valence-corrected chi connectivity index (χ1v) is 21.8. The first kappa shape index (κ1) is 30.8. The fourth-order valence-electron chi connectivity index (χ4n) is 7.86. The standard InChI is InChI=1S/C48H39BO2Si2/c50-49(51)40-35-47(52(41-23-9-2-10-24-41,42-25-11-3-12-26-42)43-27-13-4-14-28-43)37-48(36-40)53(44-29-15-5-16-30-44,45-31-17-6-18-32-45)46-33-19-22-39(34-46)38-20-7-1-8-21-38/h1-37,50-51H/i35D,36D,37D. The summed E-state index contributed by atoms with van der Waals surface area (Å²) in [5.74, 6) is 0. The predicted octanol–water partition coefficient (Wildman–Crippen LogP) is 3.79. The minimum atomic E-state index is -3.72. The maximum absolute atomic E-state index is 11.4. The van der Waals surface area contributed by atoms with Crippen LogP contribution >= 0.6 is 0 Å². The zero-order valence-electron chi connectivity index (χ0n) is 32.1. The Bertz CT molecular complexity index is 2450. The van der Waals surface area contributed by atoms with E-state index in [2.05, 4.69) is 91.0 Å². The monoisotopic (exact) mass is 717 g/mol. The molecule has 254 valence electrons. The molecule has 0 amide bonds. The lowest BCUT2D eigenvalue weighted by molar-refractivity contribution is 0.426. The molecule has 0 aliphatic heterocycles. The lowest BCUT2D eigenvalue weighted by Gasteiger charge is -2.38. The summed E-state index contributed by atoms with van der Waals surface area (Å²) in [6, 6.07) is 68.7. The lowest BCUT2D eigenvalue weighted by atomic mass is 9.80. The minimum absolute atomic E-state index is 0.0807. The Hall–Kier alpha value is -5.82. The number of rotatable bonds is 10. The van der Waals surface area contributed by atoms with Gasteiger partial charge in [-0.15, -0.1) is 0 Å². The fourth-order valence-corrected chi connectivity index (χ4v) is 17.2. The van der Waals surface area contributed by atoms with Crippen molar-refractivity contribution in [2.45, 2.75) is 0 Å². The Morgan fingerprint density at radius 1 is 0.321 bits per heavy atom. The van der Waals surface area contributed by atoms with Crippen LogP contribution in [0.2, 0.25) is 0 Å². The van der Waals surface area contributed by atoms with Crippen LogP contribution in [-0.4, -0.2) is 33.3 Å². The second-order valence-electron chi connectivity index (χ2n) is 13.2. The van der Waals surface area contributed by atoms with Crippen LogP contribution in [0.5, 0.6) is 0 Å². The van der Waals surface area contributed by atoms with E-state index in [9.17, 15) is 14.2 Å². The molecule has 0 bridgehead atoms. The average molecular weight is 718 g/mol. The summed E-state index contributed by atoms with van der Waals surface area (Å²) in [6.07, 6.45) is 0. The van der Waals surface area contributed by atoms with Crippen LogP contribution in [0.3, 0.4) is 0 Å². The van der Waals surface area contributed by atoms with E-state index in [1.54, 1.807) is 0 Å². The molecule has 0 saturated carbocycles. The topological polar surface area (TPSA) is 40.5 Å². The van der Waals surface area contributed by atoms with Crippen LogP contribution in [0.25, 0.3) is 11.1 Å². The van der Waals surface area contributed by atoms with Crippen LogP contribution in [0.15, 0.2) is 224 Å². The van der Waals surface area contributed by atoms with E-state index in [1.807, 2.05) is 115 Å². The molecule has 8 rings (SSSR count). The molecule has 5 heteroatoms. The molecule has 8 aromatic carbocycles. The maximum Gasteiger partial charge on any atom is 0.488 e. The molecule has 2 N–H and O–H groups in total. The summed E-state index contributed by atoms with van der Waals surface area (Å²) >= 11 is 0. The molecular weight excluding hydrogens is 676 g/mol. The van der Waals surface area contributed by atoms with Crippen molar-refractivity contribution >= 4 is 70.2 Å². The summed E-state index contributed by atoms with van der Waals surface area (Å²) in [5, 5.41) is 29.2. The highest BCUT2D eigenvalue weighted by molar-refractivity contribution is 7.22. The molecule has 53 heavy (non-hydrogen) atoms. The molecule has 0 spiro atoms. The van der Waals surface area contributed by atoms with E-state index in [1.165, 1.54) is 0 Å². The largest absolute Gasteiger partial charge is 0.488 e. The third kappa shape index (κ3) is 6.24. The highest BCUT2D eigenvalue weighted by atomic mass is 28.3. The van der Waals surface area contributed by atoms with Crippen LogP contribution in [-0.2, 0) is 0 Å². The third-order valence-corrected chi connectivity index (χ3v) is 19.4. The average Bonchev–Trinajstić information content (AvgIpc) is 3.26. The summed E-state index contributed by atoms with van der Waals surface area (Å²) in [5.41, 5.74) is 1.83. The molecular formula is C48H39BO2Si2. The number of hydrogen-bond acceptors (Lipinski definition) is 2. The van der Waals surface area contributed by atoms with Crippen LogP contribution < -0.4 is 47.0 Å². The molecule has 0 aliphatic rings. The van der Waals surface area contributed by atoms with Gasteiger partial charge in [-0.05, 0) is 58.1 Å². The maximum atomic E-state index is 11.4. The van der Waals surface area contributed by atoms with Crippen LogP contribution in [0, 0.1) is 0 Å². The van der Waals surface area contributed by atoms with E-state index >= 15 is 0 Å². The number of hydrogen-bond donors (Lipinski definition) is 2. The fraction of sp³-hybridized carbons (Fsp3) is 0. The Morgan fingerprint density at radius 2 is 0.623 bits per heavy atom. The second kappa shape index (κ2) is 15.0. The van der Waals surface area contributed by atoms with Crippen LogP contribution in [0.4, 0.5) is 0 Å². The smallest absolute Gasteiger partial charge is 0.423 e. The van der Waals surface area contributed by atoms with E-state index in [0.29, 0.717) is 10.4 Å². The first-order chi connectivity index (χ1) is 27.4. The highest BCUT2D eigenvalue weighted by Crippen LogP contribution is 2.20. The quantitative estimate of drug-likeness (QED) is 0.167. The predicted molar refractivity (Wildman–Crippen MR) is 229 cm³/mol. The summed E-state index contributed by atoms with van der Waals surface area (Å²) in [4.78, 5) is 0. The van der Waals surface area contributed by atoms with Gasteiger partial charge in [-0.25, -0.2) is 0 Å². The minimum Gasteiger partial charge on any atom is -0.423 e. The van der Waals surface area contributed by atoms with Gasteiger partial charge in [0.25, 0.3) is 0 Å². The SMILES string of the molecule is [2H]c1c(B(O)O)c([2H])c([Si](c2ccccc2)(c2ccccc2)c2cccc(-c3ccccc3)c2)c([2H])c1[Si](c1ccccc1)(c1ccccc1)c1ccccc1. The zero-order valence-corrected chi connectivity index (χ0v) is 31.1. The van der Waals surface area contributed by atoms with Gasteiger partial charge < -0.3 is 10.0 Å². The second-order valence-corrected chi connectivity index (χ2v) is 20.7. The van der Waals surface area contributed by atoms with E-state index < -0.39 is 23.3 Å². The van der Waals surface area contributed by atoms with E-state index in [-0.39, 0.29) is 23.6 Å². The summed E-state index contributed by atoms with van der Waals surface area (Å²) in [7, 11) is -9.49. The normalized spacial score (nSPS) is 12.4. The van der Waals surface area contributed by atoms with Gasteiger partial charge in [0.05, 0.1) is 4.11 Å². The van der Waals surface area contributed by atoms with Crippen molar-refractivity contribution in [1.29, 1.82) is 0 Å². The van der Waals surface area contributed by atoms with Gasteiger partial charge in [-0.3, -0.25) is 0 Å². The molecule has 0 aliphatic carbocycles. The van der Waals surface area contributed by atoms with E-state index in [4.69, 9.17) is 0 Å². The lowest BCUT2D eigenvalue weighted by Crippen LogP contribution is -2.78. The van der Waals surface area contributed by atoms with Crippen molar-refractivity contribution in [2.75, 3.05) is 0 Å². The van der Waals surface area contributed by atoms with Crippen molar-refractivity contribution in [1.82, 2.24) is 0 Å². The van der Waals surface area contributed by atoms with Gasteiger partial charge in [0.1, 0.15) is 0 Å². The highest BCUT2D eigenvalue weighted by Gasteiger charge is 2.46. The van der Waals surface area contributed by atoms with Crippen molar-refractivity contribution in [3.8, 4) is 11.1 Å². The van der Waals surface area contributed by atoms with E-state index in [0.717, 1.165) is 42.2 Å². The first-order valence-electron chi connectivity index (χ1n) is 19.3.